The van der Waals surface area contributed by atoms with Gasteiger partial charge in [-0.2, -0.15) is 4.57 Å². The van der Waals surface area contributed by atoms with E-state index >= 15 is 0 Å². The van der Waals surface area contributed by atoms with E-state index in [0.717, 1.165) is 5.75 Å². The topological polar surface area (TPSA) is 13.1 Å². The average Bonchev–Trinajstić information content (AvgIpc) is 2.50. The number of aryl methyl sites for hydroxylation is 1. The highest BCUT2D eigenvalue weighted by atomic mass is 16.5. The Morgan fingerprint density at radius 2 is 1.75 bits per heavy atom. The lowest BCUT2D eigenvalue weighted by atomic mass is 9.98. The van der Waals surface area contributed by atoms with Gasteiger partial charge < -0.3 is 4.74 Å². The molecule has 3 rings (SSSR count). The monoisotopic (exact) mass is 272 g/mol. The Labute approximate surface area is 122 Å². The zero-order valence-corrected chi connectivity index (χ0v) is 12.9. The third kappa shape index (κ3) is 3.50. The second-order valence-corrected chi connectivity index (χ2v) is 5.22. The largest absolute Gasteiger partial charge is 0.484 e. The van der Waals surface area contributed by atoms with E-state index in [9.17, 15) is 0 Å². The van der Waals surface area contributed by atoms with Crippen LogP contribution in [0.15, 0.2) is 36.5 Å². The maximum absolute atomic E-state index is 6.12. The molecular weight excluding hydrogens is 246 g/mol. The van der Waals surface area contributed by atoms with Crippen LogP contribution in [-0.4, -0.2) is 6.10 Å². The van der Waals surface area contributed by atoms with E-state index < -0.39 is 0 Å². The molecule has 0 unspecified atom stereocenters. The van der Waals surface area contributed by atoms with Gasteiger partial charge in [-0.05, 0) is 31.7 Å². The Balaban J connectivity index is 0.000000704. The van der Waals surface area contributed by atoms with E-state index in [2.05, 4.69) is 48.1 Å². The van der Waals surface area contributed by atoms with Crippen molar-refractivity contribution in [2.24, 2.45) is 7.05 Å². The molecule has 1 aliphatic carbocycles. The zero-order chi connectivity index (χ0) is 14.4. The Kier molecular flexibility index (Phi) is 5.40. The maximum Gasteiger partial charge on any atom is 0.212 e. The van der Waals surface area contributed by atoms with Crippen LogP contribution >= 0.6 is 0 Å². The van der Waals surface area contributed by atoms with Crippen molar-refractivity contribution in [3.8, 4) is 5.75 Å². The molecule has 0 bridgehead atoms. The summed E-state index contributed by atoms with van der Waals surface area (Å²) < 4.78 is 8.27. The number of benzene rings is 1. The molecule has 1 aromatic heterocycles. The van der Waals surface area contributed by atoms with E-state index in [1.54, 1.807) is 0 Å². The number of pyridine rings is 1. The molecule has 0 amide bonds. The highest BCUT2D eigenvalue weighted by Gasteiger charge is 2.17. The van der Waals surface area contributed by atoms with Crippen molar-refractivity contribution in [3.05, 3.63) is 36.5 Å². The van der Waals surface area contributed by atoms with E-state index in [1.165, 1.54) is 43.0 Å². The minimum atomic E-state index is 0.417. The Hall–Kier alpha value is -1.57. The second kappa shape index (κ2) is 7.28. The number of aromatic nitrogens is 1. The predicted octanol–water partition coefficient (Wildman–Crippen LogP) is 4.40. The number of ether oxygens (including phenoxy) is 1. The summed E-state index contributed by atoms with van der Waals surface area (Å²) in [5.74, 6) is 1.00. The van der Waals surface area contributed by atoms with Gasteiger partial charge in [-0.3, -0.25) is 0 Å². The summed E-state index contributed by atoms with van der Waals surface area (Å²) in [5.41, 5.74) is 1.24. The Bertz CT molecular complexity index is 544. The molecule has 1 aliphatic rings. The van der Waals surface area contributed by atoms with Gasteiger partial charge >= 0.3 is 0 Å². The second-order valence-electron chi connectivity index (χ2n) is 5.22. The maximum atomic E-state index is 6.12. The third-order valence-electron chi connectivity index (χ3n) is 3.79. The minimum absolute atomic E-state index is 0.417. The van der Waals surface area contributed by atoms with Crippen LogP contribution in [0.3, 0.4) is 0 Å². The standard InChI is InChI=1S/C16H20NO.C2H6/c1-17-12-15(18-14-8-3-2-4-9-14)11-13-7-5-6-10-16(13)17;1-2/h5-7,10-12,14H,2-4,8-9H2,1H3;1-2H3/q+1;. The summed E-state index contributed by atoms with van der Waals surface area (Å²) in [7, 11) is 2.08. The van der Waals surface area contributed by atoms with E-state index in [4.69, 9.17) is 4.74 Å². The molecule has 1 aromatic carbocycles. The summed E-state index contributed by atoms with van der Waals surface area (Å²) in [5, 5.41) is 1.24. The number of fused-ring (bicyclic) bond motifs is 1. The molecule has 0 aliphatic heterocycles. The van der Waals surface area contributed by atoms with Crippen molar-refractivity contribution in [2.45, 2.75) is 52.1 Å². The highest BCUT2D eigenvalue weighted by Crippen LogP contribution is 2.24. The van der Waals surface area contributed by atoms with Crippen LogP contribution in [0.2, 0.25) is 0 Å². The van der Waals surface area contributed by atoms with Gasteiger partial charge in [0, 0.05) is 12.1 Å². The third-order valence-corrected chi connectivity index (χ3v) is 3.79. The molecule has 1 heterocycles. The molecule has 0 atom stereocenters. The summed E-state index contributed by atoms with van der Waals surface area (Å²) >= 11 is 0. The highest BCUT2D eigenvalue weighted by molar-refractivity contribution is 5.76. The van der Waals surface area contributed by atoms with Crippen LogP contribution in [0, 0.1) is 0 Å². The molecular formula is C18H26NO+. The lowest BCUT2D eigenvalue weighted by Gasteiger charge is -2.22. The molecule has 0 saturated heterocycles. The molecule has 0 spiro atoms. The summed E-state index contributed by atoms with van der Waals surface area (Å²) in [6, 6.07) is 10.6. The van der Waals surface area contributed by atoms with Crippen molar-refractivity contribution < 1.29 is 9.30 Å². The van der Waals surface area contributed by atoms with Gasteiger partial charge in [-0.25, -0.2) is 0 Å². The smallest absolute Gasteiger partial charge is 0.212 e. The molecule has 108 valence electrons. The van der Waals surface area contributed by atoms with Gasteiger partial charge in [-0.15, -0.1) is 0 Å². The van der Waals surface area contributed by atoms with Crippen LogP contribution < -0.4 is 9.30 Å². The first-order chi connectivity index (χ1) is 9.83. The SMILES string of the molecule is CC.C[n+]1cc(OC2CCCCC2)cc2ccccc21. The van der Waals surface area contributed by atoms with Crippen LogP contribution in [0.4, 0.5) is 0 Å². The first kappa shape index (κ1) is 14.8. The minimum Gasteiger partial charge on any atom is -0.484 e. The zero-order valence-electron chi connectivity index (χ0n) is 12.9. The molecule has 1 fully saturated rings. The number of nitrogens with zero attached hydrogens (tertiary/aromatic N) is 1. The number of para-hydroxylation sites is 1. The number of rotatable bonds is 2. The lowest BCUT2D eigenvalue weighted by Crippen LogP contribution is -2.29. The number of hydrogen-bond acceptors (Lipinski definition) is 1. The van der Waals surface area contributed by atoms with Crippen LogP contribution in [0.1, 0.15) is 46.0 Å². The molecule has 2 heteroatoms. The fourth-order valence-electron chi connectivity index (χ4n) is 2.82. The van der Waals surface area contributed by atoms with Gasteiger partial charge in [-0.1, -0.05) is 32.4 Å². The van der Waals surface area contributed by atoms with Gasteiger partial charge in [0.05, 0.1) is 11.5 Å². The van der Waals surface area contributed by atoms with Gasteiger partial charge in [0.2, 0.25) is 11.7 Å². The van der Waals surface area contributed by atoms with Crippen LogP contribution in [-0.2, 0) is 7.05 Å². The van der Waals surface area contributed by atoms with E-state index in [0.29, 0.717) is 6.10 Å². The Morgan fingerprint density at radius 3 is 2.50 bits per heavy atom. The number of hydrogen-bond donors (Lipinski definition) is 0. The summed E-state index contributed by atoms with van der Waals surface area (Å²) in [6.45, 7) is 4.00. The molecule has 1 saturated carbocycles. The first-order valence-corrected chi connectivity index (χ1v) is 7.88. The van der Waals surface area contributed by atoms with Crippen molar-refractivity contribution in [1.82, 2.24) is 0 Å². The first-order valence-electron chi connectivity index (χ1n) is 7.88. The summed E-state index contributed by atoms with van der Waals surface area (Å²) in [4.78, 5) is 0. The predicted molar refractivity (Wildman–Crippen MR) is 84.0 cm³/mol. The Morgan fingerprint density at radius 1 is 1.05 bits per heavy atom. The fourth-order valence-corrected chi connectivity index (χ4v) is 2.82. The molecule has 20 heavy (non-hydrogen) atoms. The van der Waals surface area contributed by atoms with Gasteiger partial charge in [0.25, 0.3) is 0 Å². The molecule has 0 radical (unpaired) electrons. The van der Waals surface area contributed by atoms with E-state index in [-0.39, 0.29) is 0 Å². The molecule has 2 aromatic rings. The quantitative estimate of drug-likeness (QED) is 0.738. The fraction of sp³-hybridized carbons (Fsp3) is 0.500. The lowest BCUT2D eigenvalue weighted by molar-refractivity contribution is -0.645. The van der Waals surface area contributed by atoms with Crippen molar-refractivity contribution >= 4 is 10.9 Å². The van der Waals surface area contributed by atoms with Gasteiger partial charge in [0.1, 0.15) is 7.05 Å². The van der Waals surface area contributed by atoms with Crippen molar-refractivity contribution in [1.29, 1.82) is 0 Å². The molecule has 2 nitrogen and oxygen atoms in total. The normalized spacial score (nSPS) is 15.6. The average molecular weight is 272 g/mol. The molecule has 0 N–H and O–H groups in total. The van der Waals surface area contributed by atoms with Crippen LogP contribution in [0.25, 0.3) is 10.9 Å². The van der Waals surface area contributed by atoms with Gasteiger partial charge in [0.15, 0.2) is 5.75 Å². The van der Waals surface area contributed by atoms with Crippen molar-refractivity contribution in [3.63, 3.8) is 0 Å². The summed E-state index contributed by atoms with van der Waals surface area (Å²) in [6.07, 6.45) is 8.91. The van der Waals surface area contributed by atoms with E-state index in [1.807, 2.05) is 13.8 Å². The van der Waals surface area contributed by atoms with Crippen molar-refractivity contribution in [2.75, 3.05) is 0 Å². The van der Waals surface area contributed by atoms with Crippen LogP contribution in [0.5, 0.6) is 5.75 Å².